The van der Waals surface area contributed by atoms with E-state index in [1.165, 1.54) is 6.07 Å². The molecule has 1 unspecified atom stereocenters. The molecule has 5 heteroatoms. The minimum absolute atomic E-state index is 0.284. The van der Waals surface area contributed by atoms with E-state index in [9.17, 15) is 4.39 Å². The van der Waals surface area contributed by atoms with Gasteiger partial charge in [-0.25, -0.2) is 4.39 Å². The molecule has 0 aliphatic carbocycles. The molecule has 0 aromatic carbocycles. The van der Waals surface area contributed by atoms with Crippen LogP contribution in [-0.2, 0) is 7.05 Å². The van der Waals surface area contributed by atoms with Crippen LogP contribution in [-0.4, -0.2) is 21.8 Å². The molecule has 0 aliphatic heterocycles. The van der Waals surface area contributed by atoms with Gasteiger partial charge in [0.15, 0.2) is 0 Å². The van der Waals surface area contributed by atoms with Gasteiger partial charge in [-0.2, -0.15) is 5.10 Å². The van der Waals surface area contributed by atoms with Crippen LogP contribution in [0.3, 0.4) is 0 Å². The van der Waals surface area contributed by atoms with Crippen molar-refractivity contribution < 1.29 is 4.39 Å². The first kappa shape index (κ1) is 10.8. The van der Waals surface area contributed by atoms with Crippen molar-refractivity contribution in [2.75, 3.05) is 7.05 Å². The summed E-state index contributed by atoms with van der Waals surface area (Å²) in [6, 6.07) is 4.54. The minimum atomic E-state index is -0.317. The number of aromatic nitrogens is 3. The Bertz CT molecular complexity index is 480. The largest absolute Gasteiger partial charge is 0.307 e. The summed E-state index contributed by atoms with van der Waals surface area (Å²) in [5.74, 6) is -0.317. The standard InChI is InChI=1S/C11H13FN4/c1-13-11(9-5-7-15-16(9)2)10-8(12)4-3-6-14-10/h3-7,11,13H,1-2H3. The number of aryl methyl sites for hydroxylation is 1. The molecule has 84 valence electrons. The number of nitrogens with one attached hydrogen (secondary N) is 1. The number of nitrogens with zero attached hydrogens (tertiary/aromatic N) is 3. The van der Waals surface area contributed by atoms with Crippen molar-refractivity contribution in [3.63, 3.8) is 0 Å². The van der Waals surface area contributed by atoms with Crippen molar-refractivity contribution in [2.45, 2.75) is 6.04 Å². The van der Waals surface area contributed by atoms with E-state index < -0.39 is 0 Å². The molecule has 0 fully saturated rings. The Labute approximate surface area is 93.1 Å². The molecular weight excluding hydrogens is 207 g/mol. The van der Waals surface area contributed by atoms with Crippen LogP contribution < -0.4 is 5.32 Å². The molecule has 0 radical (unpaired) electrons. The van der Waals surface area contributed by atoms with Gasteiger partial charge < -0.3 is 5.32 Å². The Hall–Kier alpha value is -1.75. The van der Waals surface area contributed by atoms with Crippen molar-refractivity contribution in [3.8, 4) is 0 Å². The van der Waals surface area contributed by atoms with Crippen molar-refractivity contribution in [1.29, 1.82) is 0 Å². The highest BCUT2D eigenvalue weighted by molar-refractivity contribution is 5.22. The van der Waals surface area contributed by atoms with E-state index >= 15 is 0 Å². The lowest BCUT2D eigenvalue weighted by molar-refractivity contribution is 0.536. The minimum Gasteiger partial charge on any atom is -0.307 e. The van der Waals surface area contributed by atoms with Crippen LogP contribution in [0.5, 0.6) is 0 Å². The molecule has 1 N–H and O–H groups in total. The third-order valence-electron chi connectivity index (χ3n) is 2.50. The number of hydrogen-bond donors (Lipinski definition) is 1. The van der Waals surface area contributed by atoms with Gasteiger partial charge in [0, 0.05) is 19.4 Å². The second kappa shape index (κ2) is 4.40. The van der Waals surface area contributed by atoms with Gasteiger partial charge in [-0.1, -0.05) is 0 Å². The van der Waals surface area contributed by atoms with Crippen molar-refractivity contribution in [2.24, 2.45) is 7.05 Å². The van der Waals surface area contributed by atoms with Crippen LogP contribution in [0.2, 0.25) is 0 Å². The molecule has 2 aromatic heterocycles. The summed E-state index contributed by atoms with van der Waals surface area (Å²) in [5, 5.41) is 7.11. The second-order valence-electron chi connectivity index (χ2n) is 3.47. The molecule has 0 bridgehead atoms. The smallest absolute Gasteiger partial charge is 0.146 e. The molecule has 2 heterocycles. The van der Waals surface area contributed by atoms with Gasteiger partial charge in [-0.15, -0.1) is 0 Å². The Kier molecular flexibility index (Phi) is 2.96. The van der Waals surface area contributed by atoms with Crippen LogP contribution >= 0.6 is 0 Å². The van der Waals surface area contributed by atoms with Crippen molar-refractivity contribution >= 4 is 0 Å². The number of rotatable bonds is 3. The fourth-order valence-corrected chi connectivity index (χ4v) is 1.70. The fourth-order valence-electron chi connectivity index (χ4n) is 1.70. The SMILES string of the molecule is CNC(c1ncccc1F)c1ccnn1C. The molecule has 16 heavy (non-hydrogen) atoms. The third-order valence-corrected chi connectivity index (χ3v) is 2.50. The molecule has 0 amide bonds. The van der Waals surface area contributed by atoms with E-state index in [2.05, 4.69) is 15.4 Å². The van der Waals surface area contributed by atoms with E-state index in [1.807, 2.05) is 13.1 Å². The first-order chi connectivity index (χ1) is 7.74. The van der Waals surface area contributed by atoms with Crippen LogP contribution in [0.4, 0.5) is 4.39 Å². The van der Waals surface area contributed by atoms with Crippen molar-refractivity contribution in [3.05, 3.63) is 47.8 Å². The number of hydrogen-bond acceptors (Lipinski definition) is 3. The molecular formula is C11H13FN4. The molecule has 4 nitrogen and oxygen atoms in total. The normalized spacial score (nSPS) is 12.7. The maximum absolute atomic E-state index is 13.6. The summed E-state index contributed by atoms with van der Waals surface area (Å²) in [7, 11) is 3.59. The van der Waals surface area contributed by atoms with E-state index in [0.29, 0.717) is 5.69 Å². The summed E-state index contributed by atoms with van der Waals surface area (Å²) < 4.78 is 15.3. The molecule has 2 aromatic rings. The van der Waals surface area contributed by atoms with Crippen molar-refractivity contribution in [1.82, 2.24) is 20.1 Å². The molecule has 1 atom stereocenters. The summed E-state index contributed by atoms with van der Waals surface area (Å²) in [4.78, 5) is 4.07. The highest BCUT2D eigenvalue weighted by Crippen LogP contribution is 2.20. The third kappa shape index (κ3) is 1.81. The van der Waals surface area contributed by atoms with E-state index in [-0.39, 0.29) is 11.9 Å². The highest BCUT2D eigenvalue weighted by Gasteiger charge is 2.19. The Morgan fingerprint density at radius 2 is 2.19 bits per heavy atom. The van der Waals surface area contributed by atoms with Crippen LogP contribution in [0, 0.1) is 5.82 Å². The molecule has 0 spiro atoms. The highest BCUT2D eigenvalue weighted by atomic mass is 19.1. The summed E-state index contributed by atoms with van der Waals surface area (Å²) >= 11 is 0. The summed E-state index contributed by atoms with van der Waals surface area (Å²) in [6.45, 7) is 0. The Morgan fingerprint density at radius 3 is 2.75 bits per heavy atom. The lowest BCUT2D eigenvalue weighted by Crippen LogP contribution is -2.22. The van der Waals surface area contributed by atoms with Gasteiger partial charge in [-0.05, 0) is 25.2 Å². The average Bonchev–Trinajstić information content (AvgIpc) is 2.69. The summed E-state index contributed by atoms with van der Waals surface area (Å²) in [6.07, 6.45) is 3.26. The van der Waals surface area contributed by atoms with Gasteiger partial charge >= 0.3 is 0 Å². The quantitative estimate of drug-likeness (QED) is 0.846. The van der Waals surface area contributed by atoms with Crippen LogP contribution in [0.15, 0.2) is 30.6 Å². The molecule has 0 saturated heterocycles. The zero-order chi connectivity index (χ0) is 11.5. The maximum Gasteiger partial charge on any atom is 0.146 e. The maximum atomic E-state index is 13.6. The number of halogens is 1. The molecule has 2 rings (SSSR count). The van der Waals surface area contributed by atoms with Gasteiger partial charge in [-0.3, -0.25) is 9.67 Å². The monoisotopic (exact) mass is 220 g/mol. The topological polar surface area (TPSA) is 42.7 Å². The Morgan fingerprint density at radius 1 is 1.38 bits per heavy atom. The second-order valence-corrected chi connectivity index (χ2v) is 3.47. The lowest BCUT2D eigenvalue weighted by Gasteiger charge is -2.16. The lowest BCUT2D eigenvalue weighted by atomic mass is 10.1. The van der Waals surface area contributed by atoms with Crippen LogP contribution in [0.1, 0.15) is 17.4 Å². The molecule has 0 aliphatic rings. The first-order valence-electron chi connectivity index (χ1n) is 4.99. The molecule has 0 saturated carbocycles. The van der Waals surface area contributed by atoms with Gasteiger partial charge in [0.1, 0.15) is 5.82 Å². The first-order valence-corrected chi connectivity index (χ1v) is 4.99. The van der Waals surface area contributed by atoms with Gasteiger partial charge in [0.05, 0.1) is 17.4 Å². The average molecular weight is 220 g/mol. The van der Waals surface area contributed by atoms with E-state index in [0.717, 1.165) is 5.69 Å². The summed E-state index contributed by atoms with van der Waals surface area (Å²) in [5.41, 5.74) is 1.26. The van der Waals surface area contributed by atoms with E-state index in [4.69, 9.17) is 0 Å². The van der Waals surface area contributed by atoms with Gasteiger partial charge in [0.25, 0.3) is 0 Å². The fraction of sp³-hybridized carbons (Fsp3) is 0.273. The predicted octanol–water partition coefficient (Wildman–Crippen LogP) is 1.26. The zero-order valence-corrected chi connectivity index (χ0v) is 9.18. The number of pyridine rings is 1. The van der Waals surface area contributed by atoms with E-state index in [1.54, 1.807) is 30.2 Å². The van der Waals surface area contributed by atoms with Gasteiger partial charge in [0.2, 0.25) is 0 Å². The predicted molar refractivity (Wildman–Crippen MR) is 58.3 cm³/mol. The van der Waals surface area contributed by atoms with Crippen LogP contribution in [0.25, 0.3) is 0 Å². The zero-order valence-electron chi connectivity index (χ0n) is 9.18. The Balaban J connectivity index is 2.45.